The lowest BCUT2D eigenvalue weighted by Crippen LogP contribution is -2.11. The molecule has 1 heterocycles. The smallest absolute Gasteiger partial charge is 0.228 e. The third-order valence-corrected chi connectivity index (χ3v) is 3.21. The molecule has 0 aliphatic heterocycles. The van der Waals surface area contributed by atoms with Gasteiger partial charge in [-0.05, 0) is 25.1 Å². The topological polar surface area (TPSA) is 53.1 Å². The molecule has 0 saturated heterocycles. The van der Waals surface area contributed by atoms with E-state index < -0.39 is 5.82 Å². The van der Waals surface area contributed by atoms with Crippen molar-refractivity contribution in [2.45, 2.75) is 6.92 Å². The molecule has 1 aromatic heterocycles. The molecular formula is C12H11BrFN3OS. The van der Waals surface area contributed by atoms with E-state index in [-0.39, 0.29) is 10.7 Å². The molecule has 0 bridgehead atoms. The minimum Gasteiger partial charge on any atom is -0.435 e. The summed E-state index contributed by atoms with van der Waals surface area (Å²) in [7, 11) is 1.68. The zero-order valence-corrected chi connectivity index (χ0v) is 12.7. The minimum absolute atomic E-state index is 0.0868. The Morgan fingerprint density at radius 2 is 2.21 bits per heavy atom. The first-order chi connectivity index (χ1) is 8.90. The number of nitrogens with two attached hydrogens (primary N) is 1. The van der Waals surface area contributed by atoms with Crippen LogP contribution in [0.15, 0.2) is 22.7 Å². The third-order valence-electron chi connectivity index (χ3n) is 2.52. The highest BCUT2D eigenvalue weighted by Gasteiger charge is 2.19. The molecule has 0 atom stereocenters. The number of aromatic nitrogens is 2. The molecule has 7 heteroatoms. The summed E-state index contributed by atoms with van der Waals surface area (Å²) >= 11 is 8.15. The first-order valence-corrected chi connectivity index (χ1v) is 6.56. The molecule has 0 amide bonds. The molecule has 0 aliphatic carbocycles. The van der Waals surface area contributed by atoms with E-state index in [1.165, 1.54) is 16.8 Å². The van der Waals surface area contributed by atoms with Crippen molar-refractivity contribution in [1.29, 1.82) is 0 Å². The Hall–Kier alpha value is -1.47. The molecule has 0 unspecified atom stereocenters. The molecule has 100 valence electrons. The van der Waals surface area contributed by atoms with Crippen molar-refractivity contribution in [2.24, 2.45) is 12.8 Å². The van der Waals surface area contributed by atoms with E-state index >= 15 is 0 Å². The van der Waals surface area contributed by atoms with Gasteiger partial charge in [-0.1, -0.05) is 28.1 Å². The zero-order valence-electron chi connectivity index (χ0n) is 10.3. The van der Waals surface area contributed by atoms with Crippen molar-refractivity contribution in [3.05, 3.63) is 39.7 Å². The second-order valence-corrected chi connectivity index (χ2v) is 5.29. The van der Waals surface area contributed by atoms with Crippen molar-refractivity contribution in [2.75, 3.05) is 0 Å². The Balaban J connectivity index is 2.46. The normalized spacial score (nSPS) is 10.5. The van der Waals surface area contributed by atoms with Gasteiger partial charge in [0.15, 0.2) is 11.6 Å². The van der Waals surface area contributed by atoms with Crippen molar-refractivity contribution < 1.29 is 9.13 Å². The molecule has 0 fully saturated rings. The SMILES string of the molecule is Cc1nn(C)c(Oc2ccc(Br)cc2F)c1C(N)=S. The van der Waals surface area contributed by atoms with Gasteiger partial charge in [-0.15, -0.1) is 0 Å². The van der Waals surface area contributed by atoms with Crippen LogP contribution in [0.4, 0.5) is 4.39 Å². The third kappa shape index (κ3) is 2.76. The largest absolute Gasteiger partial charge is 0.435 e. The Labute approximate surface area is 123 Å². The van der Waals surface area contributed by atoms with Crippen LogP contribution in [-0.4, -0.2) is 14.8 Å². The van der Waals surface area contributed by atoms with Crippen LogP contribution in [0.25, 0.3) is 0 Å². The van der Waals surface area contributed by atoms with Crippen LogP contribution in [0.2, 0.25) is 0 Å². The van der Waals surface area contributed by atoms with Crippen LogP contribution in [-0.2, 0) is 7.05 Å². The first kappa shape index (κ1) is 14.0. The lowest BCUT2D eigenvalue weighted by atomic mass is 10.2. The summed E-state index contributed by atoms with van der Waals surface area (Å²) in [5.74, 6) is -0.0722. The van der Waals surface area contributed by atoms with Crippen LogP contribution < -0.4 is 10.5 Å². The number of ether oxygens (including phenoxy) is 1. The Bertz CT molecular complexity index is 657. The second-order valence-electron chi connectivity index (χ2n) is 3.93. The van der Waals surface area contributed by atoms with Gasteiger partial charge in [0.1, 0.15) is 4.99 Å². The van der Waals surface area contributed by atoms with E-state index in [2.05, 4.69) is 21.0 Å². The van der Waals surface area contributed by atoms with Gasteiger partial charge in [0.25, 0.3) is 0 Å². The predicted molar refractivity (Wildman–Crippen MR) is 78.0 cm³/mol. The van der Waals surface area contributed by atoms with Gasteiger partial charge in [-0.2, -0.15) is 5.10 Å². The summed E-state index contributed by atoms with van der Waals surface area (Å²) in [6.07, 6.45) is 0. The van der Waals surface area contributed by atoms with Crippen molar-refractivity contribution in [1.82, 2.24) is 9.78 Å². The number of aryl methyl sites for hydroxylation is 2. The van der Waals surface area contributed by atoms with Crippen LogP contribution in [0.5, 0.6) is 11.6 Å². The van der Waals surface area contributed by atoms with Crippen LogP contribution in [0.1, 0.15) is 11.3 Å². The van der Waals surface area contributed by atoms with E-state index in [0.717, 1.165) is 0 Å². The maximum atomic E-state index is 13.8. The van der Waals surface area contributed by atoms with Crippen LogP contribution in [0, 0.1) is 12.7 Å². The van der Waals surface area contributed by atoms with E-state index in [0.29, 0.717) is 21.6 Å². The second kappa shape index (κ2) is 5.26. The van der Waals surface area contributed by atoms with Gasteiger partial charge >= 0.3 is 0 Å². The average Bonchev–Trinajstić information content (AvgIpc) is 2.57. The van der Waals surface area contributed by atoms with Crippen LogP contribution in [0.3, 0.4) is 0 Å². The molecule has 2 aromatic rings. The predicted octanol–water partition coefficient (Wildman–Crippen LogP) is 3.06. The number of hydrogen-bond donors (Lipinski definition) is 1. The number of benzene rings is 1. The molecule has 2 rings (SSSR count). The summed E-state index contributed by atoms with van der Waals surface area (Å²) in [5.41, 5.74) is 6.80. The summed E-state index contributed by atoms with van der Waals surface area (Å²) in [6.45, 7) is 1.76. The molecule has 2 N–H and O–H groups in total. The van der Waals surface area contributed by atoms with Gasteiger partial charge in [0.05, 0.1) is 11.3 Å². The number of hydrogen-bond acceptors (Lipinski definition) is 3. The molecule has 4 nitrogen and oxygen atoms in total. The zero-order chi connectivity index (χ0) is 14.2. The molecular weight excluding hydrogens is 333 g/mol. The summed E-state index contributed by atoms with van der Waals surface area (Å²) in [5, 5.41) is 4.17. The monoisotopic (exact) mass is 343 g/mol. The lowest BCUT2D eigenvalue weighted by Gasteiger charge is -2.09. The highest BCUT2D eigenvalue weighted by molar-refractivity contribution is 9.10. The standard InChI is InChI=1S/C12H11BrFN3OS/c1-6-10(11(15)19)12(17(2)16-6)18-9-4-3-7(13)5-8(9)14/h3-5H,1-2H3,(H2,15,19). The highest BCUT2D eigenvalue weighted by atomic mass is 79.9. The number of nitrogens with zero attached hydrogens (tertiary/aromatic N) is 2. The van der Waals surface area contributed by atoms with E-state index in [1.54, 1.807) is 20.0 Å². The highest BCUT2D eigenvalue weighted by Crippen LogP contribution is 2.30. The number of rotatable bonds is 3. The molecule has 0 spiro atoms. The number of halogens is 2. The fourth-order valence-corrected chi connectivity index (χ4v) is 2.27. The van der Waals surface area contributed by atoms with Crippen molar-refractivity contribution in [3.63, 3.8) is 0 Å². The summed E-state index contributed by atoms with van der Waals surface area (Å²) in [6, 6.07) is 4.52. The Morgan fingerprint density at radius 3 is 2.79 bits per heavy atom. The fourth-order valence-electron chi connectivity index (χ4n) is 1.70. The fraction of sp³-hybridized carbons (Fsp3) is 0.167. The quantitative estimate of drug-likeness (QED) is 0.870. The van der Waals surface area contributed by atoms with Gasteiger partial charge in [-0.3, -0.25) is 0 Å². The average molecular weight is 344 g/mol. The molecule has 19 heavy (non-hydrogen) atoms. The summed E-state index contributed by atoms with van der Waals surface area (Å²) in [4.78, 5) is 0.165. The van der Waals surface area contributed by atoms with Crippen LogP contribution >= 0.6 is 28.1 Å². The van der Waals surface area contributed by atoms with E-state index in [1.807, 2.05) is 0 Å². The first-order valence-electron chi connectivity index (χ1n) is 5.36. The van der Waals surface area contributed by atoms with Gasteiger partial charge in [0.2, 0.25) is 5.88 Å². The molecule has 0 aliphatic rings. The van der Waals surface area contributed by atoms with Gasteiger partial charge < -0.3 is 10.5 Å². The van der Waals surface area contributed by atoms with Gasteiger partial charge in [0, 0.05) is 11.5 Å². The maximum Gasteiger partial charge on any atom is 0.228 e. The van der Waals surface area contributed by atoms with Crippen molar-refractivity contribution in [3.8, 4) is 11.6 Å². The lowest BCUT2D eigenvalue weighted by molar-refractivity contribution is 0.403. The van der Waals surface area contributed by atoms with Crippen molar-refractivity contribution >= 4 is 33.1 Å². The maximum absolute atomic E-state index is 13.8. The van der Waals surface area contributed by atoms with E-state index in [9.17, 15) is 4.39 Å². The Kier molecular flexibility index (Phi) is 3.86. The van der Waals surface area contributed by atoms with Gasteiger partial charge in [-0.25, -0.2) is 9.07 Å². The Morgan fingerprint density at radius 1 is 1.53 bits per heavy atom. The van der Waals surface area contributed by atoms with E-state index in [4.69, 9.17) is 22.7 Å². The molecule has 0 radical (unpaired) electrons. The minimum atomic E-state index is -0.484. The number of thiocarbonyl (C=S) groups is 1. The molecule has 1 aromatic carbocycles. The summed E-state index contributed by atoms with van der Waals surface area (Å²) < 4.78 is 21.4. The molecule has 0 saturated carbocycles.